The molecule has 0 rings (SSSR count). The van der Waals surface area contributed by atoms with Crippen LogP contribution in [0.2, 0.25) is 0 Å². The zero-order chi connectivity index (χ0) is 8.74. The van der Waals surface area contributed by atoms with E-state index in [1.165, 1.54) is 0 Å². The van der Waals surface area contributed by atoms with Gasteiger partial charge in [-0.15, -0.1) is 0 Å². The van der Waals surface area contributed by atoms with Crippen molar-refractivity contribution in [2.45, 2.75) is 0 Å². The number of hydrogen-bond acceptors (Lipinski definition) is 3. The Hall–Kier alpha value is 0.320. The summed E-state index contributed by atoms with van der Waals surface area (Å²) in [5.41, 5.74) is 0. The van der Waals surface area contributed by atoms with E-state index >= 15 is 0 Å². The Balaban J connectivity index is 0. The van der Waals surface area contributed by atoms with Crippen LogP contribution >= 0.6 is 0 Å². The predicted molar refractivity (Wildman–Crippen MR) is 42.0 cm³/mol. The molecule has 0 saturated carbocycles. The zero-order valence-electron chi connectivity index (χ0n) is 7.41. The van der Waals surface area contributed by atoms with Gasteiger partial charge in [-0.3, -0.25) is 0 Å². The van der Waals surface area contributed by atoms with Gasteiger partial charge >= 0.3 is 0 Å². The van der Waals surface area contributed by atoms with Crippen LogP contribution in [0.4, 0.5) is 0 Å². The van der Waals surface area contributed by atoms with Gasteiger partial charge in [-0.1, -0.05) is 0 Å². The summed E-state index contributed by atoms with van der Waals surface area (Å²) in [5, 5.41) is 26.0. The van der Waals surface area contributed by atoms with Crippen molar-refractivity contribution in [1.29, 1.82) is 0 Å². The summed E-state index contributed by atoms with van der Waals surface area (Å²) < 4.78 is 0.531. The van der Waals surface area contributed by atoms with Gasteiger partial charge in [0.25, 0.3) is 0 Å². The van der Waals surface area contributed by atoms with Crippen molar-refractivity contribution in [2.75, 3.05) is 46.5 Å². The highest BCUT2D eigenvalue weighted by Gasteiger charge is 2.18. The molecular weight excluding hydrogens is 226 g/mol. The highest BCUT2D eigenvalue weighted by molar-refractivity contribution is 4.37. The molecule has 4 nitrogen and oxygen atoms in total. The molecule has 0 heterocycles. The molecular formula is C7H18BrNO3. The molecule has 0 aliphatic rings. The zero-order valence-corrected chi connectivity index (χ0v) is 9.00. The summed E-state index contributed by atoms with van der Waals surface area (Å²) in [6.07, 6.45) is 0. The summed E-state index contributed by atoms with van der Waals surface area (Å²) in [5.74, 6) is 0. The van der Waals surface area contributed by atoms with Crippen LogP contribution in [-0.4, -0.2) is 66.3 Å². The topological polar surface area (TPSA) is 60.7 Å². The van der Waals surface area contributed by atoms with Crippen molar-refractivity contribution in [3.63, 3.8) is 0 Å². The molecule has 0 aromatic carbocycles. The second kappa shape index (κ2) is 7.94. The maximum Gasteiger partial charge on any atom is 0.102 e. The predicted octanol–water partition coefficient (Wildman–Crippen LogP) is -4.59. The van der Waals surface area contributed by atoms with Gasteiger partial charge in [0.05, 0.1) is 26.9 Å². The molecule has 0 amide bonds. The van der Waals surface area contributed by atoms with Crippen molar-refractivity contribution >= 4 is 0 Å². The Morgan fingerprint density at radius 2 is 1.08 bits per heavy atom. The second-order valence-corrected chi connectivity index (χ2v) is 2.96. The maximum absolute atomic E-state index is 8.68. The lowest BCUT2D eigenvalue weighted by molar-refractivity contribution is -0.910. The Morgan fingerprint density at radius 1 is 0.833 bits per heavy atom. The van der Waals surface area contributed by atoms with E-state index in [1.54, 1.807) is 0 Å². The minimum absolute atomic E-state index is 0. The third-order valence-electron chi connectivity index (χ3n) is 1.92. The molecule has 0 atom stereocenters. The Bertz CT molecular complexity index is 85.6. The fourth-order valence-electron chi connectivity index (χ4n) is 1.06. The molecule has 0 radical (unpaired) electrons. The molecule has 0 spiro atoms. The van der Waals surface area contributed by atoms with Gasteiger partial charge in [-0.25, -0.2) is 0 Å². The van der Waals surface area contributed by atoms with E-state index in [0.717, 1.165) is 0 Å². The lowest BCUT2D eigenvalue weighted by atomic mass is 10.4. The fourth-order valence-corrected chi connectivity index (χ4v) is 1.06. The number of aliphatic hydroxyl groups excluding tert-OH is 3. The van der Waals surface area contributed by atoms with Crippen molar-refractivity contribution < 1.29 is 36.8 Å². The van der Waals surface area contributed by atoms with Crippen LogP contribution in [0.15, 0.2) is 0 Å². The minimum Gasteiger partial charge on any atom is -1.00 e. The van der Waals surface area contributed by atoms with Gasteiger partial charge in [0.2, 0.25) is 0 Å². The first-order chi connectivity index (χ1) is 5.18. The van der Waals surface area contributed by atoms with Gasteiger partial charge in [0.15, 0.2) is 0 Å². The van der Waals surface area contributed by atoms with Crippen molar-refractivity contribution in [1.82, 2.24) is 0 Å². The van der Waals surface area contributed by atoms with Crippen molar-refractivity contribution in [2.24, 2.45) is 0 Å². The van der Waals surface area contributed by atoms with Gasteiger partial charge in [0, 0.05) is 0 Å². The molecule has 3 N–H and O–H groups in total. The third-order valence-corrected chi connectivity index (χ3v) is 1.92. The average molecular weight is 244 g/mol. The fraction of sp³-hybridized carbons (Fsp3) is 1.00. The number of hydrogen-bond donors (Lipinski definition) is 3. The summed E-state index contributed by atoms with van der Waals surface area (Å²) in [6.45, 7) is 2.03. The van der Waals surface area contributed by atoms with Gasteiger partial charge in [0.1, 0.15) is 19.6 Å². The van der Waals surface area contributed by atoms with E-state index < -0.39 is 0 Å². The van der Waals surface area contributed by atoms with Crippen molar-refractivity contribution in [3.8, 4) is 0 Å². The Morgan fingerprint density at radius 3 is 1.25 bits per heavy atom. The highest BCUT2D eigenvalue weighted by Crippen LogP contribution is 1.99. The molecule has 0 aliphatic heterocycles. The number of likely N-dealkylation sites (N-methyl/N-ethyl adjacent to an activating group) is 1. The van der Waals surface area contributed by atoms with E-state index in [1.807, 2.05) is 7.05 Å². The first-order valence-corrected chi connectivity index (χ1v) is 3.84. The number of rotatable bonds is 6. The highest BCUT2D eigenvalue weighted by atomic mass is 79.9. The molecule has 5 heteroatoms. The largest absolute Gasteiger partial charge is 1.00 e. The van der Waals surface area contributed by atoms with Crippen LogP contribution in [0.25, 0.3) is 0 Å². The number of halogens is 1. The second-order valence-electron chi connectivity index (χ2n) is 2.96. The van der Waals surface area contributed by atoms with Gasteiger partial charge in [-0.2, -0.15) is 0 Å². The molecule has 0 aromatic heterocycles. The third kappa shape index (κ3) is 5.91. The lowest BCUT2D eigenvalue weighted by Crippen LogP contribution is -3.00. The Kier molecular flexibility index (Phi) is 9.81. The monoisotopic (exact) mass is 243 g/mol. The molecule has 76 valence electrons. The van der Waals surface area contributed by atoms with E-state index in [2.05, 4.69) is 0 Å². The molecule has 0 bridgehead atoms. The summed E-state index contributed by atoms with van der Waals surface area (Å²) in [7, 11) is 1.91. The van der Waals surface area contributed by atoms with E-state index in [-0.39, 0.29) is 36.8 Å². The average Bonchev–Trinajstić information content (AvgIpc) is 1.88. The molecule has 12 heavy (non-hydrogen) atoms. The number of nitrogens with zero attached hydrogens (tertiary/aromatic N) is 1. The van der Waals surface area contributed by atoms with Crippen LogP contribution < -0.4 is 17.0 Å². The lowest BCUT2D eigenvalue weighted by Gasteiger charge is -2.32. The van der Waals surface area contributed by atoms with Crippen LogP contribution in [0.5, 0.6) is 0 Å². The quantitative estimate of drug-likeness (QED) is 0.412. The summed E-state index contributed by atoms with van der Waals surface area (Å²) in [4.78, 5) is 0. The van der Waals surface area contributed by atoms with Crippen LogP contribution in [0.3, 0.4) is 0 Å². The van der Waals surface area contributed by atoms with Gasteiger partial charge < -0.3 is 36.8 Å². The summed E-state index contributed by atoms with van der Waals surface area (Å²) >= 11 is 0. The molecule has 0 fully saturated rings. The normalized spacial score (nSPS) is 11.0. The maximum atomic E-state index is 8.68. The molecule has 0 aliphatic carbocycles. The van der Waals surface area contributed by atoms with Crippen molar-refractivity contribution in [3.05, 3.63) is 0 Å². The van der Waals surface area contributed by atoms with Gasteiger partial charge in [-0.05, 0) is 0 Å². The molecule has 0 aromatic rings. The Labute approximate surface area is 83.8 Å². The first-order valence-electron chi connectivity index (χ1n) is 3.84. The minimum atomic E-state index is 0. The first kappa shape index (κ1) is 14.8. The summed E-state index contributed by atoms with van der Waals surface area (Å²) in [6, 6.07) is 0. The molecule has 0 saturated heterocycles. The van der Waals surface area contributed by atoms with E-state index in [9.17, 15) is 0 Å². The smallest absolute Gasteiger partial charge is 0.102 e. The van der Waals surface area contributed by atoms with E-state index in [4.69, 9.17) is 15.3 Å². The van der Waals surface area contributed by atoms with Crippen LogP contribution in [-0.2, 0) is 0 Å². The van der Waals surface area contributed by atoms with Crippen LogP contribution in [0, 0.1) is 0 Å². The SMILES string of the molecule is C[N+](CCO)(CCO)CCO.[Br-]. The number of quaternary nitrogens is 1. The number of aliphatic hydroxyl groups is 3. The molecule has 0 unspecified atom stereocenters. The standard InChI is InChI=1S/C7H18NO3.BrH/c1-8(2-5-9,3-6-10)4-7-11;/h9-11H,2-7H2,1H3;1H/q+1;/p-1. The van der Waals surface area contributed by atoms with E-state index in [0.29, 0.717) is 24.1 Å². The van der Waals surface area contributed by atoms with Crippen LogP contribution in [0.1, 0.15) is 0 Å².